The summed E-state index contributed by atoms with van der Waals surface area (Å²) >= 11 is 0. The van der Waals surface area contributed by atoms with Crippen molar-refractivity contribution in [2.75, 3.05) is 40.9 Å². The third-order valence-electron chi connectivity index (χ3n) is 15.5. The molecule has 0 aromatic carbocycles. The Morgan fingerprint density at radius 3 is 1.00 bits per heavy atom. The van der Waals surface area contributed by atoms with E-state index < -0.39 is 20.0 Å². The maximum absolute atomic E-state index is 13.0. The van der Waals surface area contributed by atoms with Crippen molar-refractivity contribution in [1.29, 1.82) is 0 Å². The van der Waals surface area contributed by atoms with Gasteiger partial charge in [0.1, 0.15) is 13.2 Å². The number of allylic oxidation sites excluding steroid dienone is 1. The van der Waals surface area contributed by atoms with E-state index in [0.717, 1.165) is 32.1 Å². The molecule has 442 valence electrons. The zero-order chi connectivity index (χ0) is 54.2. The molecule has 0 aliphatic carbocycles. The lowest BCUT2D eigenvalue weighted by atomic mass is 10.0. The second-order valence-electron chi connectivity index (χ2n) is 24.2. The smallest absolute Gasteiger partial charge is 0.387 e. The van der Waals surface area contributed by atoms with E-state index in [1.807, 2.05) is 27.2 Å². The predicted molar refractivity (Wildman–Crippen MR) is 323 cm³/mol. The summed E-state index contributed by atoms with van der Waals surface area (Å²) in [6, 6.07) is -0.843. The van der Waals surface area contributed by atoms with Crippen molar-refractivity contribution >= 4 is 13.7 Å². The van der Waals surface area contributed by atoms with Crippen LogP contribution in [0.1, 0.15) is 348 Å². The van der Waals surface area contributed by atoms with E-state index in [0.29, 0.717) is 17.4 Å². The normalized spacial score (nSPS) is 13.8. The molecular weight excluding hydrogens is 936 g/mol. The van der Waals surface area contributed by atoms with E-state index in [-0.39, 0.29) is 19.1 Å². The van der Waals surface area contributed by atoms with E-state index in [1.165, 1.54) is 295 Å². The highest BCUT2D eigenvalue weighted by Gasteiger charge is 2.28. The van der Waals surface area contributed by atoms with Gasteiger partial charge >= 0.3 is 7.82 Å². The molecular formula is C65H132N2O6P+. The molecule has 0 spiro atoms. The Hall–Kier alpha value is -0.760. The molecule has 0 aromatic heterocycles. The van der Waals surface area contributed by atoms with Crippen LogP contribution in [-0.2, 0) is 18.4 Å². The first-order valence-corrected chi connectivity index (χ1v) is 34.6. The Kier molecular flexibility index (Phi) is 56.4. The summed E-state index contributed by atoms with van der Waals surface area (Å²) in [5.74, 6) is -0.168. The molecule has 3 atom stereocenters. The number of amides is 1. The number of nitrogens with one attached hydrogen (secondary N) is 1. The maximum Gasteiger partial charge on any atom is 0.472 e. The number of rotatable bonds is 62. The van der Waals surface area contributed by atoms with Crippen LogP contribution in [0.2, 0.25) is 0 Å². The SMILES string of the molecule is CCCCCCCCCCCCCCCCCCC/C=C/C(O)C(COP(=O)(O)OCC[N+](C)(C)C)NC(=O)CCCCCCCCCCCCCCCCCCCCCCCCCCCCCCCCCCC. The largest absolute Gasteiger partial charge is 0.472 e. The molecule has 0 radical (unpaired) electrons. The second kappa shape index (κ2) is 56.9. The number of hydrogen-bond acceptors (Lipinski definition) is 5. The summed E-state index contributed by atoms with van der Waals surface area (Å²) in [6.07, 6.45) is 72.1. The van der Waals surface area contributed by atoms with Gasteiger partial charge in [-0.05, 0) is 19.3 Å². The molecule has 3 unspecified atom stereocenters. The molecule has 0 bridgehead atoms. The van der Waals surface area contributed by atoms with Crippen LogP contribution in [0.4, 0.5) is 0 Å². The first-order chi connectivity index (χ1) is 36.0. The third-order valence-corrected chi connectivity index (χ3v) is 16.5. The van der Waals surface area contributed by atoms with Crippen LogP contribution in [0, 0.1) is 0 Å². The topological polar surface area (TPSA) is 105 Å². The lowest BCUT2D eigenvalue weighted by Crippen LogP contribution is -2.45. The summed E-state index contributed by atoms with van der Waals surface area (Å²) in [7, 11) is 1.59. The van der Waals surface area contributed by atoms with Crippen LogP contribution in [0.25, 0.3) is 0 Å². The highest BCUT2D eigenvalue weighted by molar-refractivity contribution is 7.47. The third kappa shape index (κ3) is 58.9. The number of phosphoric acid groups is 1. The van der Waals surface area contributed by atoms with Gasteiger partial charge < -0.3 is 19.8 Å². The first kappa shape index (κ1) is 73.2. The van der Waals surface area contributed by atoms with E-state index in [1.54, 1.807) is 6.08 Å². The number of likely N-dealkylation sites (N-methyl/N-ethyl adjacent to an activating group) is 1. The summed E-state index contributed by atoms with van der Waals surface area (Å²) in [4.78, 5) is 23.4. The quantitative estimate of drug-likeness (QED) is 0.0243. The van der Waals surface area contributed by atoms with Crippen molar-refractivity contribution in [2.24, 2.45) is 0 Å². The maximum atomic E-state index is 13.0. The Bertz CT molecular complexity index is 1210. The highest BCUT2D eigenvalue weighted by atomic mass is 31.2. The molecule has 8 nitrogen and oxygen atoms in total. The number of aliphatic hydroxyl groups is 1. The van der Waals surface area contributed by atoms with Crippen LogP contribution in [-0.4, -0.2) is 73.4 Å². The zero-order valence-corrected chi connectivity index (χ0v) is 51.5. The molecule has 0 aromatic rings. The number of phosphoric ester groups is 1. The highest BCUT2D eigenvalue weighted by Crippen LogP contribution is 2.43. The molecule has 74 heavy (non-hydrogen) atoms. The van der Waals surface area contributed by atoms with Gasteiger partial charge in [-0.15, -0.1) is 0 Å². The van der Waals surface area contributed by atoms with Gasteiger partial charge in [-0.25, -0.2) is 4.57 Å². The zero-order valence-electron chi connectivity index (χ0n) is 50.6. The Balaban J connectivity index is 3.99. The van der Waals surface area contributed by atoms with Crippen molar-refractivity contribution in [3.63, 3.8) is 0 Å². The molecule has 1 amide bonds. The number of carbonyl (C=O) groups excluding carboxylic acids is 1. The van der Waals surface area contributed by atoms with Gasteiger partial charge in [0.2, 0.25) is 5.91 Å². The Morgan fingerprint density at radius 1 is 0.446 bits per heavy atom. The van der Waals surface area contributed by atoms with Gasteiger partial charge in [-0.3, -0.25) is 13.8 Å². The molecule has 3 N–H and O–H groups in total. The summed E-state index contributed by atoms with van der Waals surface area (Å²) in [5, 5.41) is 14.0. The van der Waals surface area contributed by atoms with E-state index >= 15 is 0 Å². The molecule has 0 aliphatic heterocycles. The van der Waals surface area contributed by atoms with Crippen molar-refractivity contribution in [2.45, 2.75) is 360 Å². The van der Waals surface area contributed by atoms with Gasteiger partial charge in [0.05, 0.1) is 39.9 Å². The molecule has 0 aliphatic rings. The van der Waals surface area contributed by atoms with Crippen molar-refractivity contribution < 1.29 is 32.9 Å². The molecule has 0 saturated heterocycles. The Labute approximate surface area is 462 Å². The van der Waals surface area contributed by atoms with E-state index in [4.69, 9.17) is 9.05 Å². The molecule has 0 heterocycles. The fraction of sp³-hybridized carbons (Fsp3) is 0.954. The Morgan fingerprint density at radius 2 is 0.716 bits per heavy atom. The first-order valence-electron chi connectivity index (χ1n) is 33.1. The number of hydrogen-bond donors (Lipinski definition) is 3. The van der Waals surface area contributed by atoms with Crippen LogP contribution in [0.3, 0.4) is 0 Å². The minimum absolute atomic E-state index is 0.0653. The number of aliphatic hydroxyl groups excluding tert-OH is 1. The van der Waals surface area contributed by atoms with Crippen LogP contribution in [0.15, 0.2) is 12.2 Å². The molecule has 0 rings (SSSR count). The minimum Gasteiger partial charge on any atom is -0.387 e. The number of nitrogens with zero attached hydrogens (tertiary/aromatic N) is 1. The van der Waals surface area contributed by atoms with E-state index in [2.05, 4.69) is 19.2 Å². The number of unbranched alkanes of at least 4 members (excludes halogenated alkanes) is 49. The lowest BCUT2D eigenvalue weighted by molar-refractivity contribution is -0.870. The van der Waals surface area contributed by atoms with Crippen molar-refractivity contribution in [1.82, 2.24) is 5.32 Å². The summed E-state index contributed by atoms with van der Waals surface area (Å²) in [6.45, 7) is 4.88. The van der Waals surface area contributed by atoms with Crippen LogP contribution >= 0.6 is 7.82 Å². The van der Waals surface area contributed by atoms with Crippen LogP contribution < -0.4 is 5.32 Å². The number of carbonyl (C=O) groups is 1. The van der Waals surface area contributed by atoms with Gasteiger partial charge in [-0.1, -0.05) is 334 Å². The van der Waals surface area contributed by atoms with E-state index in [9.17, 15) is 19.4 Å². The number of quaternary nitrogens is 1. The predicted octanol–water partition coefficient (Wildman–Crippen LogP) is 20.6. The summed E-state index contributed by atoms with van der Waals surface area (Å²) < 4.78 is 23.8. The van der Waals surface area contributed by atoms with Crippen molar-refractivity contribution in [3.05, 3.63) is 12.2 Å². The average molecular weight is 1070 g/mol. The van der Waals surface area contributed by atoms with Crippen LogP contribution in [0.5, 0.6) is 0 Å². The second-order valence-corrected chi connectivity index (χ2v) is 25.7. The van der Waals surface area contributed by atoms with Gasteiger partial charge in [0, 0.05) is 6.42 Å². The van der Waals surface area contributed by atoms with Gasteiger partial charge in [-0.2, -0.15) is 0 Å². The van der Waals surface area contributed by atoms with Crippen molar-refractivity contribution in [3.8, 4) is 0 Å². The molecule has 9 heteroatoms. The fourth-order valence-electron chi connectivity index (χ4n) is 10.3. The summed E-state index contributed by atoms with van der Waals surface area (Å²) in [5.41, 5.74) is 0. The standard InChI is InChI=1S/C65H131N2O6P/c1-6-8-10-12-14-16-18-20-22-24-26-27-28-29-30-31-32-33-34-35-36-37-38-39-41-43-45-47-49-51-53-55-57-59-65(69)66-63(62-73-74(70,71)72-61-60-67(3,4)5)64(68)58-56-54-52-50-48-46-44-42-40-25-23-21-19-17-15-13-11-9-7-2/h56,58,63-64,68H,6-55,57,59-62H2,1-5H3,(H-,66,69,70,71)/p+1/b58-56+. The lowest BCUT2D eigenvalue weighted by Gasteiger charge is -2.25. The minimum atomic E-state index is -4.35. The van der Waals surface area contributed by atoms with Gasteiger partial charge in [0.25, 0.3) is 0 Å². The van der Waals surface area contributed by atoms with Gasteiger partial charge in [0.15, 0.2) is 0 Å². The molecule has 0 saturated carbocycles. The fourth-order valence-corrected chi connectivity index (χ4v) is 11.1. The monoisotopic (exact) mass is 1070 g/mol. The average Bonchev–Trinajstić information content (AvgIpc) is 3.36. The molecule has 0 fully saturated rings.